The van der Waals surface area contributed by atoms with Crippen LogP contribution in [-0.4, -0.2) is 23.9 Å². The van der Waals surface area contributed by atoms with E-state index in [2.05, 4.69) is 20.8 Å². The van der Waals surface area contributed by atoms with Crippen molar-refractivity contribution in [2.45, 2.75) is 30.7 Å². The van der Waals surface area contributed by atoms with Gasteiger partial charge in [-0.3, -0.25) is 9.52 Å². The van der Waals surface area contributed by atoms with Crippen LogP contribution in [0.3, 0.4) is 0 Å². The SMILES string of the molecule is O=C(Nc1cccc(-c2cn3c(n2)CCCC3)c1)c1ccc(S(=O)(=O)Nc2ccc(F)cc2)cc1. The molecular formula is C26H23FN4O3S. The molecule has 0 atom stereocenters. The highest BCUT2D eigenvalue weighted by Gasteiger charge is 2.16. The smallest absolute Gasteiger partial charge is 0.261 e. The summed E-state index contributed by atoms with van der Waals surface area (Å²) in [4.78, 5) is 17.5. The normalized spacial score (nSPS) is 13.2. The van der Waals surface area contributed by atoms with Gasteiger partial charge in [0.05, 0.1) is 10.6 Å². The molecule has 2 N–H and O–H groups in total. The number of aromatic nitrogens is 2. The van der Waals surface area contributed by atoms with E-state index < -0.39 is 15.8 Å². The highest BCUT2D eigenvalue weighted by Crippen LogP contribution is 2.25. The largest absolute Gasteiger partial charge is 0.334 e. The third-order valence-electron chi connectivity index (χ3n) is 5.85. The van der Waals surface area contributed by atoms with Crippen molar-refractivity contribution in [3.05, 3.63) is 96.2 Å². The number of hydrogen-bond acceptors (Lipinski definition) is 4. The number of fused-ring (bicyclic) bond motifs is 1. The minimum absolute atomic E-state index is 0.0101. The number of hydrogen-bond donors (Lipinski definition) is 2. The van der Waals surface area contributed by atoms with Crippen LogP contribution in [0, 0.1) is 5.82 Å². The number of rotatable bonds is 6. The first kappa shape index (κ1) is 22.8. The molecule has 1 amide bonds. The number of carbonyl (C=O) groups excluding carboxylic acids is 1. The van der Waals surface area contributed by atoms with Crippen molar-refractivity contribution in [2.24, 2.45) is 0 Å². The van der Waals surface area contributed by atoms with Crippen LogP contribution < -0.4 is 10.0 Å². The second-order valence-electron chi connectivity index (χ2n) is 8.36. The van der Waals surface area contributed by atoms with Gasteiger partial charge in [-0.15, -0.1) is 0 Å². The van der Waals surface area contributed by atoms with Crippen molar-refractivity contribution in [1.29, 1.82) is 0 Å². The number of anilines is 2. The van der Waals surface area contributed by atoms with Crippen molar-refractivity contribution in [3.63, 3.8) is 0 Å². The van der Waals surface area contributed by atoms with Crippen LogP contribution in [0.1, 0.15) is 29.0 Å². The number of halogens is 1. The second kappa shape index (κ2) is 9.34. The zero-order valence-electron chi connectivity index (χ0n) is 18.7. The van der Waals surface area contributed by atoms with Crippen molar-refractivity contribution < 1.29 is 17.6 Å². The van der Waals surface area contributed by atoms with E-state index in [0.29, 0.717) is 11.3 Å². The molecule has 0 aliphatic carbocycles. The number of benzene rings is 3. The summed E-state index contributed by atoms with van der Waals surface area (Å²) in [5.74, 6) is 0.268. The first-order valence-electron chi connectivity index (χ1n) is 11.2. The average Bonchev–Trinajstić information content (AvgIpc) is 3.30. The first-order chi connectivity index (χ1) is 16.9. The lowest BCUT2D eigenvalue weighted by Crippen LogP contribution is -2.15. The predicted octanol–water partition coefficient (Wildman–Crippen LogP) is 5.08. The lowest BCUT2D eigenvalue weighted by molar-refractivity contribution is 0.102. The molecule has 5 rings (SSSR count). The van der Waals surface area contributed by atoms with E-state index in [1.807, 2.05) is 18.2 Å². The molecule has 0 radical (unpaired) electrons. The van der Waals surface area contributed by atoms with Gasteiger partial charge in [-0.2, -0.15) is 0 Å². The monoisotopic (exact) mass is 490 g/mol. The molecule has 7 nitrogen and oxygen atoms in total. The van der Waals surface area contributed by atoms with Gasteiger partial charge in [-0.05, 0) is 73.5 Å². The Bertz CT molecular complexity index is 1460. The average molecular weight is 491 g/mol. The Morgan fingerprint density at radius 1 is 0.943 bits per heavy atom. The first-order valence-corrected chi connectivity index (χ1v) is 12.7. The molecule has 3 aromatic carbocycles. The Hall–Kier alpha value is -3.98. The molecule has 4 aromatic rings. The van der Waals surface area contributed by atoms with Crippen LogP contribution in [0.15, 0.2) is 83.9 Å². The van der Waals surface area contributed by atoms with Crippen molar-refractivity contribution in [3.8, 4) is 11.3 Å². The number of nitrogens with zero attached hydrogens (tertiary/aromatic N) is 2. The molecule has 178 valence electrons. The van der Waals surface area contributed by atoms with E-state index >= 15 is 0 Å². The topological polar surface area (TPSA) is 93.1 Å². The van der Waals surface area contributed by atoms with Crippen molar-refractivity contribution in [1.82, 2.24) is 9.55 Å². The van der Waals surface area contributed by atoms with Gasteiger partial charge in [0.2, 0.25) is 0 Å². The molecule has 0 saturated heterocycles. The van der Waals surface area contributed by atoms with Gasteiger partial charge < -0.3 is 9.88 Å². The third kappa shape index (κ3) is 5.09. The number of amides is 1. The predicted molar refractivity (Wildman–Crippen MR) is 132 cm³/mol. The van der Waals surface area contributed by atoms with Crippen LogP contribution in [0.5, 0.6) is 0 Å². The fraction of sp³-hybridized carbons (Fsp3) is 0.154. The van der Waals surface area contributed by atoms with Crippen molar-refractivity contribution in [2.75, 3.05) is 10.0 Å². The summed E-state index contributed by atoms with van der Waals surface area (Å²) < 4.78 is 42.8. The minimum atomic E-state index is -3.88. The van der Waals surface area contributed by atoms with Gasteiger partial charge in [0, 0.05) is 41.7 Å². The third-order valence-corrected chi connectivity index (χ3v) is 7.25. The number of carbonyl (C=O) groups is 1. The summed E-state index contributed by atoms with van der Waals surface area (Å²) >= 11 is 0. The Morgan fingerprint density at radius 3 is 2.46 bits per heavy atom. The molecule has 2 heterocycles. The molecule has 0 fully saturated rings. The zero-order chi connectivity index (χ0) is 24.4. The molecule has 0 unspecified atom stereocenters. The van der Waals surface area contributed by atoms with Crippen LogP contribution in [0.4, 0.5) is 15.8 Å². The summed E-state index contributed by atoms with van der Waals surface area (Å²) in [6.45, 7) is 0.976. The molecule has 1 aromatic heterocycles. The summed E-state index contributed by atoms with van der Waals surface area (Å²) in [5, 5.41) is 2.86. The van der Waals surface area contributed by atoms with E-state index in [-0.39, 0.29) is 16.5 Å². The Kier molecular flexibility index (Phi) is 6.08. The standard InChI is InChI=1S/C26H23FN4O3S/c27-20-9-11-21(12-10-20)30-35(33,34)23-13-7-18(8-14-23)26(32)28-22-5-3-4-19(16-22)24-17-31-15-2-1-6-25(31)29-24/h3-5,7-14,16-17,30H,1-2,6,15H2,(H,28,32). The molecule has 1 aliphatic rings. The molecule has 1 aliphatic heterocycles. The Morgan fingerprint density at radius 2 is 1.71 bits per heavy atom. The number of imidazole rings is 1. The fourth-order valence-corrected chi connectivity index (χ4v) is 5.09. The highest BCUT2D eigenvalue weighted by atomic mass is 32.2. The van der Waals surface area contributed by atoms with Crippen molar-refractivity contribution >= 4 is 27.3 Å². The van der Waals surface area contributed by atoms with E-state index in [4.69, 9.17) is 4.98 Å². The number of aryl methyl sites for hydroxylation is 2. The maximum absolute atomic E-state index is 13.1. The summed E-state index contributed by atoms with van der Waals surface area (Å²) in [6.07, 6.45) is 5.33. The zero-order valence-corrected chi connectivity index (χ0v) is 19.6. The van der Waals surface area contributed by atoms with Crippen LogP contribution in [-0.2, 0) is 23.0 Å². The summed E-state index contributed by atoms with van der Waals surface area (Å²) in [6, 6.07) is 18.1. The van der Waals surface area contributed by atoms with E-state index in [1.165, 1.54) is 48.5 Å². The van der Waals surface area contributed by atoms with E-state index in [1.54, 1.807) is 6.07 Å². The number of sulfonamides is 1. The molecule has 9 heteroatoms. The van der Waals surface area contributed by atoms with Gasteiger partial charge in [0.15, 0.2) is 0 Å². The molecule has 0 spiro atoms. The molecule has 0 saturated carbocycles. The molecular weight excluding hydrogens is 467 g/mol. The highest BCUT2D eigenvalue weighted by molar-refractivity contribution is 7.92. The minimum Gasteiger partial charge on any atom is -0.334 e. The van der Waals surface area contributed by atoms with Gasteiger partial charge in [-0.25, -0.2) is 17.8 Å². The second-order valence-corrected chi connectivity index (χ2v) is 10.0. The fourth-order valence-electron chi connectivity index (χ4n) is 4.03. The van der Waals surface area contributed by atoms with Crippen LogP contribution in [0.25, 0.3) is 11.3 Å². The van der Waals surface area contributed by atoms with Gasteiger partial charge in [-0.1, -0.05) is 12.1 Å². The number of nitrogens with one attached hydrogen (secondary N) is 2. The maximum atomic E-state index is 13.1. The Labute approximate surface area is 202 Å². The van der Waals surface area contributed by atoms with Gasteiger partial charge >= 0.3 is 0 Å². The molecule has 35 heavy (non-hydrogen) atoms. The maximum Gasteiger partial charge on any atom is 0.261 e. The van der Waals surface area contributed by atoms with Crippen LogP contribution >= 0.6 is 0 Å². The summed E-state index contributed by atoms with van der Waals surface area (Å²) in [7, 11) is -3.88. The molecule has 0 bridgehead atoms. The Balaban J connectivity index is 1.28. The van der Waals surface area contributed by atoms with E-state index in [0.717, 1.165) is 42.9 Å². The quantitative estimate of drug-likeness (QED) is 0.394. The lowest BCUT2D eigenvalue weighted by atomic mass is 10.1. The van der Waals surface area contributed by atoms with Gasteiger partial charge in [0.25, 0.3) is 15.9 Å². The van der Waals surface area contributed by atoms with E-state index in [9.17, 15) is 17.6 Å². The van der Waals surface area contributed by atoms with Crippen LogP contribution in [0.2, 0.25) is 0 Å². The van der Waals surface area contributed by atoms with Gasteiger partial charge in [0.1, 0.15) is 11.6 Å². The lowest BCUT2D eigenvalue weighted by Gasteiger charge is -2.11. The summed E-state index contributed by atoms with van der Waals surface area (Å²) in [5.41, 5.74) is 2.97.